The Balaban J connectivity index is 3.18. The molecule has 0 unspecified atom stereocenters. The van der Waals surface area contributed by atoms with Gasteiger partial charge < -0.3 is 15.2 Å². The topological polar surface area (TPSA) is 74.4 Å². The summed E-state index contributed by atoms with van der Waals surface area (Å²) in [7, 11) is 0. The number of ether oxygens (including phenoxy) is 2. The first-order valence-corrected chi connectivity index (χ1v) is 6.64. The van der Waals surface area contributed by atoms with Gasteiger partial charge in [-0.15, -0.1) is 13.2 Å². The van der Waals surface area contributed by atoms with Crippen molar-refractivity contribution in [3.05, 3.63) is 21.0 Å². The van der Waals surface area contributed by atoms with Crippen LogP contribution in [0.3, 0.4) is 0 Å². The van der Waals surface area contributed by atoms with E-state index in [0.29, 0.717) is 3.70 Å². The van der Waals surface area contributed by atoms with Gasteiger partial charge in [-0.05, 0) is 35.6 Å². The molecule has 0 atom stereocenters. The van der Waals surface area contributed by atoms with E-state index in [0.717, 1.165) is 0 Å². The summed E-state index contributed by atoms with van der Waals surface area (Å²) in [5, 5.41) is 0. The zero-order valence-corrected chi connectivity index (χ0v) is 12.6. The standard InChI is InChI=1S/C11H12F3IN2O3/c1-2-19-9(18)4-6-3-8(15)17-7(5-16)10(6)20-11(12,13)14/h3H,2,4-5,16H2,1H3. The number of esters is 1. The molecule has 0 saturated heterocycles. The molecule has 0 aliphatic carbocycles. The van der Waals surface area contributed by atoms with Crippen molar-refractivity contribution in [1.82, 2.24) is 4.98 Å². The van der Waals surface area contributed by atoms with Gasteiger partial charge in [-0.2, -0.15) is 0 Å². The summed E-state index contributed by atoms with van der Waals surface area (Å²) in [5.41, 5.74) is 5.35. The van der Waals surface area contributed by atoms with E-state index < -0.39 is 18.1 Å². The maximum Gasteiger partial charge on any atom is 0.573 e. The summed E-state index contributed by atoms with van der Waals surface area (Å²) in [6.07, 6.45) is -5.23. The fraction of sp³-hybridized carbons (Fsp3) is 0.455. The summed E-state index contributed by atoms with van der Waals surface area (Å²) in [5.74, 6) is -1.18. The number of aromatic nitrogens is 1. The third-order valence-corrected chi connectivity index (χ3v) is 2.69. The second-order valence-electron chi connectivity index (χ2n) is 3.61. The molecule has 5 nitrogen and oxygen atoms in total. The summed E-state index contributed by atoms with van der Waals surface area (Å²) in [4.78, 5) is 15.3. The smallest absolute Gasteiger partial charge is 0.466 e. The van der Waals surface area contributed by atoms with Crippen LogP contribution in [-0.4, -0.2) is 23.9 Å². The van der Waals surface area contributed by atoms with E-state index in [1.54, 1.807) is 6.92 Å². The van der Waals surface area contributed by atoms with Gasteiger partial charge >= 0.3 is 12.3 Å². The van der Waals surface area contributed by atoms with Crippen molar-refractivity contribution in [3.8, 4) is 5.75 Å². The van der Waals surface area contributed by atoms with Crippen molar-refractivity contribution in [3.63, 3.8) is 0 Å². The minimum atomic E-state index is -4.89. The van der Waals surface area contributed by atoms with Crippen molar-refractivity contribution in [1.29, 1.82) is 0 Å². The van der Waals surface area contributed by atoms with Gasteiger partial charge in [0.05, 0.1) is 18.7 Å². The number of carbonyl (C=O) groups is 1. The van der Waals surface area contributed by atoms with E-state index in [2.05, 4.69) is 9.72 Å². The Morgan fingerprint density at radius 3 is 2.65 bits per heavy atom. The highest BCUT2D eigenvalue weighted by atomic mass is 127. The Morgan fingerprint density at radius 2 is 2.15 bits per heavy atom. The molecular formula is C11H12F3IN2O3. The normalized spacial score (nSPS) is 11.3. The second-order valence-corrected chi connectivity index (χ2v) is 4.72. The molecule has 0 radical (unpaired) electrons. The molecule has 0 spiro atoms. The van der Waals surface area contributed by atoms with Crippen molar-refractivity contribution in [2.75, 3.05) is 6.61 Å². The highest BCUT2D eigenvalue weighted by Gasteiger charge is 2.34. The Bertz CT molecular complexity index is 495. The molecular weight excluding hydrogens is 392 g/mol. The van der Waals surface area contributed by atoms with E-state index in [9.17, 15) is 18.0 Å². The predicted octanol–water partition coefficient (Wildman–Crippen LogP) is 2.15. The van der Waals surface area contributed by atoms with E-state index in [4.69, 9.17) is 10.5 Å². The highest BCUT2D eigenvalue weighted by molar-refractivity contribution is 14.1. The van der Waals surface area contributed by atoms with Crippen molar-refractivity contribution >= 4 is 28.6 Å². The lowest BCUT2D eigenvalue weighted by Crippen LogP contribution is -2.22. The summed E-state index contributed by atoms with van der Waals surface area (Å²) in [6.45, 7) is 1.50. The third kappa shape index (κ3) is 5.12. The Labute approximate surface area is 126 Å². The Kier molecular flexibility index (Phi) is 5.99. The molecule has 0 aliphatic rings. The maximum absolute atomic E-state index is 12.4. The zero-order chi connectivity index (χ0) is 15.3. The van der Waals surface area contributed by atoms with E-state index in [1.165, 1.54) is 6.07 Å². The number of halogens is 4. The molecule has 0 aliphatic heterocycles. The van der Waals surface area contributed by atoms with Crippen LogP contribution in [0, 0.1) is 3.70 Å². The van der Waals surface area contributed by atoms with Gasteiger partial charge in [0.1, 0.15) is 3.70 Å². The Hall–Kier alpha value is -1.10. The van der Waals surface area contributed by atoms with Gasteiger partial charge in [0.15, 0.2) is 5.75 Å². The molecule has 0 aromatic carbocycles. The van der Waals surface area contributed by atoms with Crippen LogP contribution in [0.1, 0.15) is 18.2 Å². The molecule has 0 fully saturated rings. The minimum Gasteiger partial charge on any atom is -0.466 e. The van der Waals surface area contributed by atoms with E-state index >= 15 is 0 Å². The van der Waals surface area contributed by atoms with Crippen LogP contribution in [0.5, 0.6) is 5.75 Å². The number of nitrogens with zero attached hydrogens (tertiary/aromatic N) is 1. The van der Waals surface area contributed by atoms with Crippen LogP contribution < -0.4 is 10.5 Å². The largest absolute Gasteiger partial charge is 0.573 e. The summed E-state index contributed by atoms with van der Waals surface area (Å²) in [6, 6.07) is 1.33. The number of hydrogen-bond acceptors (Lipinski definition) is 5. The van der Waals surface area contributed by atoms with E-state index in [-0.39, 0.29) is 30.8 Å². The first-order valence-electron chi connectivity index (χ1n) is 5.56. The monoisotopic (exact) mass is 404 g/mol. The summed E-state index contributed by atoms with van der Waals surface area (Å²) < 4.78 is 46.3. The highest BCUT2D eigenvalue weighted by Crippen LogP contribution is 2.30. The Morgan fingerprint density at radius 1 is 1.50 bits per heavy atom. The van der Waals surface area contributed by atoms with Crippen molar-refractivity contribution < 1.29 is 27.4 Å². The van der Waals surface area contributed by atoms with Crippen LogP contribution in [-0.2, 0) is 22.5 Å². The molecule has 0 saturated carbocycles. The van der Waals surface area contributed by atoms with Crippen LogP contribution in [0.4, 0.5) is 13.2 Å². The third-order valence-electron chi connectivity index (χ3n) is 2.14. The first-order chi connectivity index (χ1) is 9.26. The maximum atomic E-state index is 12.4. The predicted molar refractivity (Wildman–Crippen MR) is 71.9 cm³/mol. The molecule has 1 heterocycles. The van der Waals surface area contributed by atoms with Crippen LogP contribution in [0.2, 0.25) is 0 Å². The SMILES string of the molecule is CCOC(=O)Cc1cc(I)nc(CN)c1OC(F)(F)F. The van der Waals surface area contributed by atoms with Gasteiger partial charge in [0.25, 0.3) is 0 Å². The first kappa shape index (κ1) is 17.0. The molecule has 112 valence electrons. The molecule has 1 aromatic rings. The number of alkyl halides is 3. The van der Waals surface area contributed by atoms with E-state index in [1.807, 2.05) is 22.6 Å². The molecule has 20 heavy (non-hydrogen) atoms. The number of pyridine rings is 1. The lowest BCUT2D eigenvalue weighted by atomic mass is 10.1. The second kappa shape index (κ2) is 7.07. The van der Waals surface area contributed by atoms with Gasteiger partial charge in [-0.25, -0.2) is 4.98 Å². The molecule has 1 rings (SSSR count). The van der Waals surface area contributed by atoms with Crippen molar-refractivity contribution in [2.45, 2.75) is 26.3 Å². The number of carbonyl (C=O) groups excluding carboxylic acids is 1. The van der Waals surface area contributed by atoms with Gasteiger partial charge in [-0.1, -0.05) is 0 Å². The average molecular weight is 404 g/mol. The van der Waals surface area contributed by atoms with Crippen LogP contribution >= 0.6 is 22.6 Å². The molecule has 1 aromatic heterocycles. The van der Waals surface area contributed by atoms with Gasteiger partial charge in [-0.3, -0.25) is 4.79 Å². The molecule has 0 amide bonds. The molecule has 0 bridgehead atoms. The lowest BCUT2D eigenvalue weighted by molar-refractivity contribution is -0.275. The number of hydrogen-bond donors (Lipinski definition) is 1. The summed E-state index contributed by atoms with van der Waals surface area (Å²) >= 11 is 1.82. The average Bonchev–Trinajstić information content (AvgIpc) is 2.31. The number of nitrogens with two attached hydrogens (primary N) is 1. The quantitative estimate of drug-likeness (QED) is 0.463. The minimum absolute atomic E-state index is 0.0422. The van der Waals surface area contributed by atoms with Crippen LogP contribution in [0.15, 0.2) is 6.07 Å². The fourth-order valence-electron chi connectivity index (χ4n) is 1.48. The fourth-order valence-corrected chi connectivity index (χ4v) is 2.15. The van der Waals surface area contributed by atoms with Gasteiger partial charge in [0.2, 0.25) is 0 Å². The lowest BCUT2D eigenvalue weighted by Gasteiger charge is -2.16. The van der Waals surface area contributed by atoms with Crippen LogP contribution in [0.25, 0.3) is 0 Å². The van der Waals surface area contributed by atoms with Crippen molar-refractivity contribution in [2.24, 2.45) is 5.73 Å². The zero-order valence-electron chi connectivity index (χ0n) is 10.5. The molecule has 9 heteroatoms. The number of rotatable bonds is 5. The van der Waals surface area contributed by atoms with Gasteiger partial charge in [0, 0.05) is 12.1 Å². The molecule has 2 N–H and O–H groups in total.